The van der Waals surface area contributed by atoms with Crippen molar-refractivity contribution in [1.29, 1.82) is 0 Å². The van der Waals surface area contributed by atoms with E-state index in [1.165, 1.54) is 5.56 Å². The number of benzene rings is 4. The monoisotopic (exact) mass is 446 g/mol. The van der Waals surface area contributed by atoms with Crippen LogP contribution in [-0.4, -0.2) is 17.6 Å². The van der Waals surface area contributed by atoms with Gasteiger partial charge >= 0.3 is 0 Å². The van der Waals surface area contributed by atoms with Crippen LogP contribution in [0.2, 0.25) is 0 Å². The van der Waals surface area contributed by atoms with E-state index in [9.17, 15) is 4.79 Å². The summed E-state index contributed by atoms with van der Waals surface area (Å²) in [5.74, 6) is 0.637. The Bertz CT molecular complexity index is 1410. The van der Waals surface area contributed by atoms with Gasteiger partial charge < -0.3 is 14.6 Å². The third-order valence-electron chi connectivity index (χ3n) is 6.06. The van der Waals surface area contributed by atoms with E-state index in [0.29, 0.717) is 5.56 Å². The molecule has 0 spiro atoms. The number of fused-ring (bicyclic) bond motifs is 1. The number of hydrogen-bond donors (Lipinski definition) is 1. The molecule has 4 heteroatoms. The molecular formula is C30H26N2O2. The summed E-state index contributed by atoms with van der Waals surface area (Å²) in [5, 5.41) is 4.39. The Balaban J connectivity index is 1.62. The summed E-state index contributed by atoms with van der Waals surface area (Å²) in [4.78, 5) is 13.2. The van der Waals surface area contributed by atoms with Crippen LogP contribution < -0.4 is 10.1 Å². The molecule has 4 nitrogen and oxygen atoms in total. The molecule has 1 aromatic heterocycles. The van der Waals surface area contributed by atoms with Crippen molar-refractivity contribution >= 4 is 16.8 Å². The first-order valence-corrected chi connectivity index (χ1v) is 11.3. The van der Waals surface area contributed by atoms with E-state index in [0.717, 1.165) is 34.3 Å². The van der Waals surface area contributed by atoms with Gasteiger partial charge in [0.25, 0.3) is 5.91 Å². The van der Waals surface area contributed by atoms with Gasteiger partial charge in [-0.3, -0.25) is 4.79 Å². The minimum Gasteiger partial charge on any atom is -0.497 e. The lowest BCUT2D eigenvalue weighted by Gasteiger charge is -2.20. The standard InChI is InChI=1S/C30H26N2O2/c1-34-25-16-10-15-24(19-25)29(31-30(33)23-13-6-3-7-14-23)27-21-32(20-22-11-4-2-5-12-22)28-18-9-8-17-26(27)28/h2-19,21,29H,20H2,1H3,(H,31,33)/t29-/m1/s1. The Labute approximate surface area is 199 Å². The third kappa shape index (κ3) is 4.44. The van der Waals surface area contributed by atoms with E-state index in [4.69, 9.17) is 4.74 Å². The molecular weight excluding hydrogens is 420 g/mol. The highest BCUT2D eigenvalue weighted by Crippen LogP contribution is 2.33. The van der Waals surface area contributed by atoms with Crippen LogP contribution in [0.1, 0.15) is 33.1 Å². The molecule has 5 rings (SSSR count). The van der Waals surface area contributed by atoms with Crippen LogP contribution in [0.3, 0.4) is 0 Å². The minimum atomic E-state index is -0.343. The number of hydrogen-bond acceptors (Lipinski definition) is 2. The summed E-state index contributed by atoms with van der Waals surface area (Å²) >= 11 is 0. The molecule has 0 saturated heterocycles. The van der Waals surface area contributed by atoms with Crippen molar-refractivity contribution in [3.63, 3.8) is 0 Å². The van der Waals surface area contributed by atoms with Gasteiger partial charge in [-0.25, -0.2) is 0 Å². The summed E-state index contributed by atoms with van der Waals surface area (Å²) in [5.41, 5.74) is 4.99. The molecule has 1 amide bonds. The number of para-hydroxylation sites is 1. The molecule has 1 N–H and O–H groups in total. The zero-order valence-electron chi connectivity index (χ0n) is 19.0. The minimum absolute atomic E-state index is 0.117. The lowest BCUT2D eigenvalue weighted by atomic mass is 9.97. The number of nitrogens with one attached hydrogen (secondary N) is 1. The summed E-state index contributed by atoms with van der Waals surface area (Å²) < 4.78 is 7.74. The predicted molar refractivity (Wildman–Crippen MR) is 136 cm³/mol. The highest BCUT2D eigenvalue weighted by molar-refractivity contribution is 5.95. The molecule has 0 fully saturated rings. The van der Waals surface area contributed by atoms with E-state index < -0.39 is 0 Å². The van der Waals surface area contributed by atoms with Crippen molar-refractivity contribution in [3.8, 4) is 5.75 Å². The van der Waals surface area contributed by atoms with Gasteiger partial charge in [0.1, 0.15) is 5.75 Å². The largest absolute Gasteiger partial charge is 0.497 e. The van der Waals surface area contributed by atoms with Gasteiger partial charge in [0.2, 0.25) is 0 Å². The fourth-order valence-electron chi connectivity index (χ4n) is 4.38. The first-order chi connectivity index (χ1) is 16.7. The van der Waals surface area contributed by atoms with Gasteiger partial charge in [-0.15, -0.1) is 0 Å². The summed E-state index contributed by atoms with van der Waals surface area (Å²) in [7, 11) is 1.66. The van der Waals surface area contributed by atoms with Gasteiger partial charge in [-0.05, 0) is 41.5 Å². The average Bonchev–Trinajstić information content (AvgIpc) is 3.26. The quantitative estimate of drug-likeness (QED) is 0.323. The number of carbonyl (C=O) groups excluding carboxylic acids is 1. The molecule has 168 valence electrons. The predicted octanol–water partition coefficient (Wildman–Crippen LogP) is 6.22. The van der Waals surface area contributed by atoms with Gasteiger partial charge in [0, 0.05) is 34.8 Å². The fourth-order valence-corrected chi connectivity index (χ4v) is 4.38. The van der Waals surface area contributed by atoms with Crippen molar-refractivity contribution in [3.05, 3.63) is 138 Å². The van der Waals surface area contributed by atoms with Crippen molar-refractivity contribution in [2.24, 2.45) is 0 Å². The van der Waals surface area contributed by atoms with Gasteiger partial charge in [-0.2, -0.15) is 0 Å². The lowest BCUT2D eigenvalue weighted by molar-refractivity contribution is 0.0943. The third-order valence-corrected chi connectivity index (χ3v) is 6.06. The highest BCUT2D eigenvalue weighted by Gasteiger charge is 2.23. The van der Waals surface area contributed by atoms with E-state index in [1.54, 1.807) is 7.11 Å². The summed E-state index contributed by atoms with van der Waals surface area (Å²) in [6, 6.07) is 35.6. The van der Waals surface area contributed by atoms with Crippen molar-refractivity contribution in [2.75, 3.05) is 7.11 Å². The average molecular weight is 447 g/mol. The normalized spacial score (nSPS) is 11.8. The van der Waals surface area contributed by atoms with Gasteiger partial charge in [0.05, 0.1) is 13.2 Å². The molecule has 0 bridgehead atoms. The van der Waals surface area contributed by atoms with Crippen molar-refractivity contribution in [1.82, 2.24) is 9.88 Å². The van der Waals surface area contributed by atoms with E-state index >= 15 is 0 Å². The molecule has 1 heterocycles. The van der Waals surface area contributed by atoms with E-state index in [-0.39, 0.29) is 11.9 Å². The SMILES string of the molecule is COc1cccc([C@@H](NC(=O)c2ccccc2)c2cn(Cc3ccccc3)c3ccccc23)c1. The number of ether oxygens (including phenoxy) is 1. The first kappa shape index (κ1) is 21.5. The molecule has 0 aliphatic rings. The molecule has 34 heavy (non-hydrogen) atoms. The maximum absolute atomic E-state index is 13.2. The summed E-state index contributed by atoms with van der Waals surface area (Å²) in [6.07, 6.45) is 2.16. The van der Waals surface area contributed by atoms with Crippen LogP contribution in [0, 0.1) is 0 Å². The second-order valence-corrected chi connectivity index (χ2v) is 8.26. The van der Waals surface area contributed by atoms with E-state index in [1.807, 2.05) is 66.7 Å². The second kappa shape index (κ2) is 9.67. The Kier molecular flexibility index (Phi) is 6.13. The Hall–Kier alpha value is -4.31. The molecule has 0 aliphatic carbocycles. The van der Waals surface area contributed by atoms with Crippen LogP contribution in [0.4, 0.5) is 0 Å². The second-order valence-electron chi connectivity index (χ2n) is 8.26. The lowest BCUT2D eigenvalue weighted by Crippen LogP contribution is -2.29. The maximum atomic E-state index is 13.2. The zero-order chi connectivity index (χ0) is 23.3. The van der Waals surface area contributed by atoms with E-state index in [2.05, 4.69) is 58.5 Å². The Morgan fingerprint density at radius 3 is 2.32 bits per heavy atom. The van der Waals surface area contributed by atoms with Crippen LogP contribution in [-0.2, 0) is 6.54 Å². The van der Waals surface area contributed by atoms with Gasteiger partial charge in [-0.1, -0.05) is 78.9 Å². The Morgan fingerprint density at radius 1 is 0.853 bits per heavy atom. The number of carbonyl (C=O) groups is 1. The highest BCUT2D eigenvalue weighted by atomic mass is 16.5. The molecule has 4 aromatic carbocycles. The molecule has 0 unspecified atom stereocenters. The number of amides is 1. The first-order valence-electron chi connectivity index (χ1n) is 11.3. The van der Waals surface area contributed by atoms with Crippen molar-refractivity contribution < 1.29 is 9.53 Å². The molecule has 5 aromatic rings. The van der Waals surface area contributed by atoms with Crippen LogP contribution in [0.25, 0.3) is 10.9 Å². The number of rotatable bonds is 7. The molecule has 1 atom stereocenters. The molecule has 0 aliphatic heterocycles. The number of aromatic nitrogens is 1. The summed E-state index contributed by atoms with van der Waals surface area (Å²) in [6.45, 7) is 0.749. The smallest absolute Gasteiger partial charge is 0.252 e. The molecule has 0 radical (unpaired) electrons. The number of nitrogens with zero attached hydrogens (tertiary/aromatic N) is 1. The van der Waals surface area contributed by atoms with Crippen LogP contribution >= 0.6 is 0 Å². The Morgan fingerprint density at radius 2 is 1.56 bits per heavy atom. The van der Waals surface area contributed by atoms with Crippen LogP contribution in [0.15, 0.2) is 115 Å². The fraction of sp³-hybridized carbons (Fsp3) is 0.100. The number of methoxy groups -OCH3 is 1. The van der Waals surface area contributed by atoms with Crippen molar-refractivity contribution in [2.45, 2.75) is 12.6 Å². The van der Waals surface area contributed by atoms with Gasteiger partial charge in [0.15, 0.2) is 0 Å². The maximum Gasteiger partial charge on any atom is 0.252 e. The molecule has 0 saturated carbocycles. The topological polar surface area (TPSA) is 43.3 Å². The zero-order valence-corrected chi connectivity index (χ0v) is 19.0. The van der Waals surface area contributed by atoms with Crippen LogP contribution in [0.5, 0.6) is 5.75 Å².